The molecule has 0 bridgehead atoms. The molecule has 112 valence electrons. The van der Waals surface area contributed by atoms with Crippen molar-refractivity contribution in [2.75, 3.05) is 0 Å². The summed E-state index contributed by atoms with van der Waals surface area (Å²) >= 11 is 0. The van der Waals surface area contributed by atoms with E-state index in [4.69, 9.17) is 0 Å². The number of carbonyl (C=O) groups is 1. The molecule has 1 unspecified atom stereocenters. The number of nitrogens with one attached hydrogen (secondary N) is 1. The van der Waals surface area contributed by atoms with Crippen LogP contribution >= 0.6 is 0 Å². The molecule has 1 rings (SSSR count). The highest BCUT2D eigenvalue weighted by Crippen LogP contribution is 2.29. The average molecular weight is 275 g/mol. The van der Waals surface area contributed by atoms with E-state index in [2.05, 4.69) is 38.2 Å². The van der Waals surface area contributed by atoms with Crippen LogP contribution in [0.1, 0.15) is 58.9 Å². The van der Waals surface area contributed by atoms with Crippen molar-refractivity contribution in [2.24, 2.45) is 5.41 Å². The van der Waals surface area contributed by atoms with Gasteiger partial charge in [0, 0.05) is 6.54 Å². The molecule has 0 radical (unpaired) electrons. The van der Waals surface area contributed by atoms with E-state index in [9.17, 15) is 4.79 Å². The fourth-order valence-corrected chi connectivity index (χ4v) is 2.51. The van der Waals surface area contributed by atoms with Crippen molar-refractivity contribution in [1.29, 1.82) is 0 Å². The summed E-state index contributed by atoms with van der Waals surface area (Å²) in [4.78, 5) is 11.9. The van der Waals surface area contributed by atoms with E-state index >= 15 is 0 Å². The van der Waals surface area contributed by atoms with Gasteiger partial charge < -0.3 is 5.32 Å². The summed E-state index contributed by atoms with van der Waals surface area (Å²) in [5.74, 6) is 0.241. The van der Waals surface area contributed by atoms with E-state index in [1.165, 1.54) is 24.8 Å². The Morgan fingerprint density at radius 3 is 2.45 bits per heavy atom. The zero-order chi connectivity index (χ0) is 15.0. The first-order chi connectivity index (χ1) is 9.44. The predicted octanol–water partition coefficient (Wildman–Crippen LogP) is 4.34. The fourth-order valence-electron chi connectivity index (χ4n) is 2.51. The minimum absolute atomic E-state index is 0.0398. The van der Waals surface area contributed by atoms with Gasteiger partial charge in [-0.15, -0.1) is 0 Å². The summed E-state index contributed by atoms with van der Waals surface area (Å²) in [7, 11) is 0. The molecule has 0 aromatic heterocycles. The minimum atomic E-state index is -0.0398. The van der Waals surface area contributed by atoms with Crippen molar-refractivity contribution in [3.63, 3.8) is 0 Å². The van der Waals surface area contributed by atoms with Crippen LogP contribution in [0.3, 0.4) is 0 Å². The molecule has 0 heterocycles. The van der Waals surface area contributed by atoms with Crippen molar-refractivity contribution in [1.82, 2.24) is 5.32 Å². The lowest BCUT2D eigenvalue weighted by Crippen LogP contribution is -2.38. The van der Waals surface area contributed by atoms with Crippen LogP contribution in [0.2, 0.25) is 0 Å². The van der Waals surface area contributed by atoms with E-state index < -0.39 is 0 Å². The molecule has 1 atom stereocenters. The van der Waals surface area contributed by atoms with Crippen LogP contribution in [0, 0.1) is 5.41 Å². The molecule has 1 aromatic rings. The Kier molecular flexibility index (Phi) is 6.94. The lowest BCUT2D eigenvalue weighted by molar-refractivity contribution is -0.119. The van der Waals surface area contributed by atoms with Crippen molar-refractivity contribution in [3.05, 3.63) is 35.9 Å². The third-order valence-electron chi connectivity index (χ3n) is 3.85. The van der Waals surface area contributed by atoms with Gasteiger partial charge >= 0.3 is 0 Å². The SMILES string of the molecule is CCCCC(C)(C)CC(NCc1ccccc1)C(C)=O. The van der Waals surface area contributed by atoms with Gasteiger partial charge in [0.05, 0.1) is 6.04 Å². The van der Waals surface area contributed by atoms with Gasteiger partial charge in [-0.1, -0.05) is 63.9 Å². The standard InChI is InChI=1S/C18H29NO/c1-5-6-12-18(3,4)13-17(15(2)20)19-14-16-10-8-7-9-11-16/h7-11,17,19H,5-6,12-14H2,1-4H3. The van der Waals surface area contributed by atoms with Gasteiger partial charge in [0.15, 0.2) is 0 Å². The molecule has 1 aromatic carbocycles. The van der Waals surface area contributed by atoms with Gasteiger partial charge in [-0.3, -0.25) is 4.79 Å². The smallest absolute Gasteiger partial charge is 0.146 e. The van der Waals surface area contributed by atoms with Crippen LogP contribution in [-0.4, -0.2) is 11.8 Å². The van der Waals surface area contributed by atoms with Crippen LogP contribution in [-0.2, 0) is 11.3 Å². The second kappa shape index (κ2) is 8.21. The quantitative estimate of drug-likeness (QED) is 0.726. The van der Waals surface area contributed by atoms with Gasteiger partial charge in [-0.05, 0) is 30.7 Å². The Bertz CT molecular complexity index is 397. The Hall–Kier alpha value is -1.15. The molecule has 2 heteroatoms. The monoisotopic (exact) mass is 275 g/mol. The van der Waals surface area contributed by atoms with Crippen LogP contribution in [0.25, 0.3) is 0 Å². The first-order valence-corrected chi connectivity index (χ1v) is 7.72. The Morgan fingerprint density at radius 2 is 1.90 bits per heavy atom. The number of benzene rings is 1. The average Bonchev–Trinajstić information content (AvgIpc) is 2.42. The van der Waals surface area contributed by atoms with Crippen molar-refractivity contribution in [2.45, 2.75) is 66.0 Å². The number of hydrogen-bond donors (Lipinski definition) is 1. The lowest BCUT2D eigenvalue weighted by Gasteiger charge is -2.29. The summed E-state index contributed by atoms with van der Waals surface area (Å²) in [6.45, 7) is 9.20. The summed E-state index contributed by atoms with van der Waals surface area (Å²) < 4.78 is 0. The highest BCUT2D eigenvalue weighted by atomic mass is 16.1. The summed E-state index contributed by atoms with van der Waals surface area (Å²) in [6, 6.07) is 10.2. The van der Waals surface area contributed by atoms with Crippen LogP contribution < -0.4 is 5.32 Å². The zero-order valence-electron chi connectivity index (χ0n) is 13.4. The van der Waals surface area contributed by atoms with E-state index in [1.807, 2.05) is 18.2 Å². The molecule has 0 spiro atoms. The Morgan fingerprint density at radius 1 is 1.25 bits per heavy atom. The van der Waals surface area contributed by atoms with Crippen LogP contribution in [0.4, 0.5) is 0 Å². The molecule has 0 aliphatic heterocycles. The number of unbranched alkanes of at least 4 members (excludes halogenated alkanes) is 1. The first kappa shape index (κ1) is 16.9. The number of carbonyl (C=O) groups excluding carboxylic acids is 1. The topological polar surface area (TPSA) is 29.1 Å². The van der Waals surface area contributed by atoms with Crippen molar-refractivity contribution < 1.29 is 4.79 Å². The molecule has 0 saturated heterocycles. The van der Waals surface area contributed by atoms with Crippen molar-refractivity contribution >= 4 is 5.78 Å². The third-order valence-corrected chi connectivity index (χ3v) is 3.85. The summed E-state index contributed by atoms with van der Waals surface area (Å²) in [6.07, 6.45) is 4.54. The second-order valence-electron chi connectivity index (χ2n) is 6.50. The molecule has 0 amide bonds. The Labute approximate surface area is 124 Å². The Balaban J connectivity index is 2.54. The highest BCUT2D eigenvalue weighted by molar-refractivity contribution is 5.81. The maximum atomic E-state index is 11.9. The molecule has 0 aliphatic rings. The molecule has 2 nitrogen and oxygen atoms in total. The molecule has 1 N–H and O–H groups in total. The van der Waals surface area contributed by atoms with Gasteiger partial charge in [-0.2, -0.15) is 0 Å². The minimum Gasteiger partial charge on any atom is -0.303 e. The molecule has 0 aliphatic carbocycles. The van der Waals surface area contributed by atoms with E-state index in [1.54, 1.807) is 6.92 Å². The molecule has 20 heavy (non-hydrogen) atoms. The van der Waals surface area contributed by atoms with Crippen molar-refractivity contribution in [3.8, 4) is 0 Å². The highest BCUT2D eigenvalue weighted by Gasteiger charge is 2.25. The van der Waals surface area contributed by atoms with E-state index in [0.717, 1.165) is 13.0 Å². The fraction of sp³-hybridized carbons (Fsp3) is 0.611. The summed E-state index contributed by atoms with van der Waals surface area (Å²) in [5.41, 5.74) is 1.45. The van der Waals surface area contributed by atoms with Gasteiger partial charge in [-0.25, -0.2) is 0 Å². The first-order valence-electron chi connectivity index (χ1n) is 7.72. The van der Waals surface area contributed by atoms with E-state index in [0.29, 0.717) is 0 Å². The molecule has 0 saturated carbocycles. The number of Topliss-reactive ketones (excluding diaryl/α,β-unsaturated/α-hetero) is 1. The zero-order valence-corrected chi connectivity index (χ0v) is 13.4. The molecule has 0 fully saturated rings. The number of ketones is 1. The van der Waals surface area contributed by atoms with Crippen LogP contribution in [0.5, 0.6) is 0 Å². The van der Waals surface area contributed by atoms with Gasteiger partial charge in [0.1, 0.15) is 5.78 Å². The third kappa shape index (κ3) is 6.33. The normalized spacial score (nSPS) is 13.2. The maximum absolute atomic E-state index is 11.9. The number of rotatable bonds is 9. The lowest BCUT2D eigenvalue weighted by atomic mass is 9.80. The van der Waals surface area contributed by atoms with Gasteiger partial charge in [0.25, 0.3) is 0 Å². The van der Waals surface area contributed by atoms with Gasteiger partial charge in [0.2, 0.25) is 0 Å². The van der Waals surface area contributed by atoms with E-state index in [-0.39, 0.29) is 17.2 Å². The molecular weight excluding hydrogens is 246 g/mol. The van der Waals surface area contributed by atoms with Crippen LogP contribution in [0.15, 0.2) is 30.3 Å². The molecular formula is C18H29NO. The summed E-state index contributed by atoms with van der Waals surface area (Å²) in [5, 5.41) is 3.42. The second-order valence-corrected chi connectivity index (χ2v) is 6.50. The predicted molar refractivity (Wildman–Crippen MR) is 85.7 cm³/mol. The largest absolute Gasteiger partial charge is 0.303 e. The maximum Gasteiger partial charge on any atom is 0.146 e. The number of hydrogen-bond acceptors (Lipinski definition) is 2.